The molecular formula is C18H16O3. The highest BCUT2D eigenvalue weighted by Crippen LogP contribution is 2.31. The first-order valence-corrected chi connectivity index (χ1v) is 6.99. The summed E-state index contributed by atoms with van der Waals surface area (Å²) in [5.41, 5.74) is 2.50. The Morgan fingerprint density at radius 2 is 2.05 bits per heavy atom. The zero-order valence-electron chi connectivity index (χ0n) is 11.5. The number of carbonyl (C=O) groups excluding carboxylic acids is 1. The molecule has 1 heterocycles. The lowest BCUT2D eigenvalue weighted by Crippen LogP contribution is -2.05. The van der Waals surface area contributed by atoms with E-state index in [4.69, 9.17) is 4.74 Å². The summed E-state index contributed by atoms with van der Waals surface area (Å²) >= 11 is 0. The maximum absolute atomic E-state index is 11.7. The molecule has 0 fully saturated rings. The third-order valence-electron chi connectivity index (χ3n) is 3.55. The van der Waals surface area contributed by atoms with Crippen molar-refractivity contribution in [3.8, 4) is 0 Å². The van der Waals surface area contributed by atoms with Crippen molar-refractivity contribution in [2.24, 2.45) is 0 Å². The second-order valence-electron chi connectivity index (χ2n) is 5.06. The minimum atomic E-state index is -0.579. The molecule has 3 rings (SSSR count). The van der Waals surface area contributed by atoms with Crippen molar-refractivity contribution in [3.05, 3.63) is 83.2 Å². The minimum absolute atomic E-state index is 0.355. The van der Waals surface area contributed by atoms with Crippen molar-refractivity contribution in [3.63, 3.8) is 0 Å². The second kappa shape index (κ2) is 5.94. The number of allylic oxidation sites excluding steroid dienone is 3. The van der Waals surface area contributed by atoms with Gasteiger partial charge in [0, 0.05) is 5.57 Å². The molecule has 0 spiro atoms. The van der Waals surface area contributed by atoms with Crippen LogP contribution >= 0.6 is 0 Å². The molecule has 1 aliphatic carbocycles. The van der Waals surface area contributed by atoms with E-state index in [0.717, 1.165) is 12.0 Å². The van der Waals surface area contributed by atoms with E-state index in [1.165, 1.54) is 5.56 Å². The van der Waals surface area contributed by atoms with Gasteiger partial charge in [-0.2, -0.15) is 0 Å². The topological polar surface area (TPSA) is 46.5 Å². The van der Waals surface area contributed by atoms with Crippen LogP contribution in [0, 0.1) is 0 Å². The lowest BCUT2D eigenvalue weighted by molar-refractivity contribution is -0.132. The van der Waals surface area contributed by atoms with E-state index in [9.17, 15) is 9.90 Å². The first kappa shape index (κ1) is 13.6. The fraction of sp³-hybridized carbons (Fsp3) is 0.167. The summed E-state index contributed by atoms with van der Waals surface area (Å²) in [6, 6.07) is 10.0. The molecular weight excluding hydrogens is 264 g/mol. The summed E-state index contributed by atoms with van der Waals surface area (Å²) in [5.74, 6) is 0.241. The monoisotopic (exact) mass is 280 g/mol. The number of hydrogen-bond acceptors (Lipinski definition) is 3. The van der Waals surface area contributed by atoms with Crippen LogP contribution in [-0.4, -0.2) is 17.2 Å². The van der Waals surface area contributed by atoms with Crippen molar-refractivity contribution in [2.75, 3.05) is 0 Å². The fourth-order valence-electron chi connectivity index (χ4n) is 2.40. The summed E-state index contributed by atoms with van der Waals surface area (Å²) in [6.07, 6.45) is 9.60. The Bertz CT molecular complexity index is 663. The number of carbonyl (C=O) groups is 1. The fourth-order valence-corrected chi connectivity index (χ4v) is 2.40. The average Bonchev–Trinajstić information content (AvgIpc) is 3.05. The Labute approximate surface area is 123 Å². The predicted molar refractivity (Wildman–Crippen MR) is 80.3 cm³/mol. The molecule has 1 aromatic carbocycles. The van der Waals surface area contributed by atoms with Crippen molar-refractivity contribution < 1.29 is 14.6 Å². The van der Waals surface area contributed by atoms with E-state index in [1.54, 1.807) is 18.2 Å². The molecule has 3 heteroatoms. The molecule has 1 aliphatic heterocycles. The number of aryl methyl sites for hydroxylation is 1. The Morgan fingerprint density at radius 1 is 1.24 bits per heavy atom. The Morgan fingerprint density at radius 3 is 2.86 bits per heavy atom. The zero-order valence-corrected chi connectivity index (χ0v) is 11.5. The van der Waals surface area contributed by atoms with Gasteiger partial charge in [-0.05, 0) is 30.6 Å². The maximum Gasteiger partial charge on any atom is 0.344 e. The van der Waals surface area contributed by atoms with Crippen LogP contribution in [0.5, 0.6) is 0 Å². The van der Waals surface area contributed by atoms with Gasteiger partial charge in [0.1, 0.15) is 5.76 Å². The summed E-state index contributed by atoms with van der Waals surface area (Å²) in [5, 5.41) is 10.0. The maximum atomic E-state index is 11.7. The number of benzene rings is 1. The number of hydrogen-bond donors (Lipinski definition) is 1. The number of aliphatic hydroxyl groups is 1. The van der Waals surface area contributed by atoms with E-state index >= 15 is 0 Å². The predicted octanol–water partition coefficient (Wildman–Crippen LogP) is 2.84. The molecule has 21 heavy (non-hydrogen) atoms. The van der Waals surface area contributed by atoms with Gasteiger partial charge in [-0.1, -0.05) is 48.6 Å². The third-order valence-corrected chi connectivity index (χ3v) is 3.55. The molecule has 0 amide bonds. The summed E-state index contributed by atoms with van der Waals surface area (Å²) < 4.78 is 5.11. The largest absolute Gasteiger partial charge is 0.422 e. The highest BCUT2D eigenvalue weighted by molar-refractivity contribution is 5.98. The summed E-state index contributed by atoms with van der Waals surface area (Å²) in [4.78, 5) is 11.7. The van der Waals surface area contributed by atoms with Gasteiger partial charge >= 0.3 is 5.97 Å². The molecule has 0 aromatic heterocycles. The molecule has 0 saturated heterocycles. The smallest absolute Gasteiger partial charge is 0.344 e. The molecule has 0 saturated carbocycles. The highest BCUT2D eigenvalue weighted by Gasteiger charge is 2.27. The Kier molecular flexibility index (Phi) is 3.84. The van der Waals surface area contributed by atoms with Crippen molar-refractivity contribution >= 4 is 5.97 Å². The standard InChI is InChI=1S/C18H16O3/c19-14(10-9-13-5-2-1-3-6-13)11-12-16-15-7-4-8-17(15)21-18(16)20/h1-8,11-12,14,19H,9-10H2. The molecule has 1 unspecified atom stereocenters. The molecule has 0 bridgehead atoms. The Balaban J connectivity index is 1.61. The van der Waals surface area contributed by atoms with E-state index in [1.807, 2.05) is 42.5 Å². The van der Waals surface area contributed by atoms with Gasteiger partial charge in [0.15, 0.2) is 0 Å². The van der Waals surface area contributed by atoms with E-state index in [2.05, 4.69) is 0 Å². The number of rotatable bonds is 5. The lowest BCUT2D eigenvalue weighted by Gasteiger charge is -2.05. The molecule has 1 atom stereocenters. The SMILES string of the molecule is O=C1OC2=CC=CC2=C1C=CC(O)CCc1ccccc1. The molecule has 0 radical (unpaired) electrons. The lowest BCUT2D eigenvalue weighted by atomic mass is 10.0. The van der Waals surface area contributed by atoms with Crippen LogP contribution in [0.4, 0.5) is 0 Å². The molecule has 106 valence electrons. The van der Waals surface area contributed by atoms with Crippen LogP contribution in [0.3, 0.4) is 0 Å². The van der Waals surface area contributed by atoms with Gasteiger partial charge in [-0.15, -0.1) is 0 Å². The zero-order chi connectivity index (χ0) is 14.7. The van der Waals surface area contributed by atoms with Crippen LogP contribution in [0.2, 0.25) is 0 Å². The van der Waals surface area contributed by atoms with E-state index < -0.39 is 6.10 Å². The summed E-state index contributed by atoms with van der Waals surface area (Å²) in [7, 11) is 0. The molecule has 3 nitrogen and oxygen atoms in total. The first-order valence-electron chi connectivity index (χ1n) is 6.99. The van der Waals surface area contributed by atoms with Crippen LogP contribution in [0.15, 0.2) is 77.6 Å². The quantitative estimate of drug-likeness (QED) is 0.844. The number of fused-ring (bicyclic) bond motifs is 1. The van der Waals surface area contributed by atoms with Crippen LogP contribution in [-0.2, 0) is 16.0 Å². The normalized spacial score (nSPS) is 18.1. The van der Waals surface area contributed by atoms with Gasteiger partial charge in [0.25, 0.3) is 0 Å². The van der Waals surface area contributed by atoms with Gasteiger partial charge < -0.3 is 9.84 Å². The molecule has 2 aliphatic rings. The molecule has 1 aromatic rings. The molecule has 1 N–H and O–H groups in total. The van der Waals surface area contributed by atoms with Crippen molar-refractivity contribution in [2.45, 2.75) is 18.9 Å². The second-order valence-corrected chi connectivity index (χ2v) is 5.06. The van der Waals surface area contributed by atoms with Gasteiger partial charge in [-0.25, -0.2) is 4.79 Å². The van der Waals surface area contributed by atoms with E-state index in [-0.39, 0.29) is 5.97 Å². The number of ether oxygens (including phenoxy) is 1. The number of aliphatic hydroxyl groups excluding tert-OH is 1. The van der Waals surface area contributed by atoms with Gasteiger partial charge in [-0.3, -0.25) is 0 Å². The Hall–Kier alpha value is -2.39. The highest BCUT2D eigenvalue weighted by atomic mass is 16.5. The minimum Gasteiger partial charge on any atom is -0.422 e. The van der Waals surface area contributed by atoms with Gasteiger partial charge in [0.2, 0.25) is 0 Å². The third kappa shape index (κ3) is 3.03. The van der Waals surface area contributed by atoms with Crippen LogP contribution in [0.1, 0.15) is 12.0 Å². The van der Waals surface area contributed by atoms with Crippen molar-refractivity contribution in [1.29, 1.82) is 0 Å². The summed E-state index contributed by atoms with van der Waals surface area (Å²) in [6.45, 7) is 0. The average molecular weight is 280 g/mol. The van der Waals surface area contributed by atoms with Crippen molar-refractivity contribution in [1.82, 2.24) is 0 Å². The van der Waals surface area contributed by atoms with Gasteiger partial charge in [0.05, 0.1) is 11.7 Å². The van der Waals surface area contributed by atoms with E-state index in [0.29, 0.717) is 17.8 Å². The number of esters is 1. The van der Waals surface area contributed by atoms with Crippen LogP contribution in [0.25, 0.3) is 0 Å². The van der Waals surface area contributed by atoms with Crippen LogP contribution < -0.4 is 0 Å². The first-order chi connectivity index (χ1) is 10.2.